The van der Waals surface area contributed by atoms with Crippen LogP contribution in [0.2, 0.25) is 0 Å². The first-order valence-electron chi connectivity index (χ1n) is 7.91. The molecule has 3 rings (SSSR count). The predicted molar refractivity (Wildman–Crippen MR) is 115 cm³/mol. The van der Waals surface area contributed by atoms with E-state index in [9.17, 15) is 0 Å². The molecule has 25 heavy (non-hydrogen) atoms. The van der Waals surface area contributed by atoms with Gasteiger partial charge in [-0.1, -0.05) is 18.2 Å². The summed E-state index contributed by atoms with van der Waals surface area (Å²) in [5.41, 5.74) is 2.24. The summed E-state index contributed by atoms with van der Waals surface area (Å²) in [7, 11) is 1.79. The van der Waals surface area contributed by atoms with Gasteiger partial charge in [-0.2, -0.15) is 5.10 Å². The van der Waals surface area contributed by atoms with E-state index in [1.165, 1.54) is 10.4 Å². The Balaban J connectivity index is 0.00000225. The molecule has 0 aliphatic rings. The average molecular weight is 467 g/mol. The lowest BCUT2D eigenvalue weighted by Crippen LogP contribution is -2.37. The third kappa shape index (κ3) is 5.86. The second-order valence-corrected chi connectivity index (χ2v) is 6.33. The van der Waals surface area contributed by atoms with E-state index in [4.69, 9.17) is 0 Å². The Hall–Kier alpha value is -1.87. The molecule has 0 atom stereocenters. The molecule has 0 unspecified atom stereocenters. The maximum Gasteiger partial charge on any atom is 0.191 e. The van der Waals surface area contributed by atoms with Gasteiger partial charge in [0, 0.05) is 37.4 Å². The summed E-state index contributed by atoms with van der Waals surface area (Å²) in [5, 5.41) is 13.1. The smallest absolute Gasteiger partial charge is 0.191 e. The fourth-order valence-corrected chi connectivity index (χ4v) is 3.10. The topological polar surface area (TPSA) is 54.2 Å². The molecule has 0 bridgehead atoms. The number of halogens is 1. The molecule has 7 heteroatoms. The normalized spacial score (nSPS) is 11.0. The van der Waals surface area contributed by atoms with Gasteiger partial charge in [-0.05, 0) is 41.6 Å². The minimum atomic E-state index is 0. The molecule has 0 amide bonds. The molecule has 0 spiro atoms. The maximum absolute atomic E-state index is 4.27. The van der Waals surface area contributed by atoms with Crippen LogP contribution in [0, 0.1) is 0 Å². The lowest BCUT2D eigenvalue weighted by atomic mass is 10.2. The van der Waals surface area contributed by atoms with Crippen molar-refractivity contribution in [3.63, 3.8) is 0 Å². The number of benzene rings is 1. The molecule has 0 saturated carbocycles. The van der Waals surface area contributed by atoms with Crippen molar-refractivity contribution in [2.75, 3.05) is 13.6 Å². The zero-order chi connectivity index (χ0) is 16.6. The van der Waals surface area contributed by atoms with Gasteiger partial charge in [0.1, 0.15) is 0 Å². The highest BCUT2D eigenvalue weighted by Crippen LogP contribution is 2.10. The van der Waals surface area contributed by atoms with Crippen LogP contribution in [0.4, 0.5) is 0 Å². The Morgan fingerprint density at radius 2 is 2.12 bits per heavy atom. The van der Waals surface area contributed by atoms with Crippen molar-refractivity contribution in [1.29, 1.82) is 0 Å². The van der Waals surface area contributed by atoms with Gasteiger partial charge in [-0.25, -0.2) is 4.68 Å². The highest BCUT2D eigenvalue weighted by Gasteiger charge is 2.01. The van der Waals surface area contributed by atoms with Crippen molar-refractivity contribution >= 4 is 41.3 Å². The molecule has 0 saturated heterocycles. The van der Waals surface area contributed by atoms with Crippen molar-refractivity contribution in [3.05, 3.63) is 70.7 Å². The first-order valence-corrected chi connectivity index (χ1v) is 8.79. The number of hydrogen-bond donors (Lipinski definition) is 2. The molecule has 2 heterocycles. The largest absolute Gasteiger partial charge is 0.356 e. The fourth-order valence-electron chi connectivity index (χ4n) is 2.40. The Bertz CT molecular complexity index is 769. The molecule has 2 aromatic heterocycles. The molecule has 0 aliphatic heterocycles. The van der Waals surface area contributed by atoms with E-state index >= 15 is 0 Å². The molecule has 0 aliphatic carbocycles. The Morgan fingerprint density at radius 3 is 2.84 bits per heavy atom. The second-order valence-electron chi connectivity index (χ2n) is 5.30. The van der Waals surface area contributed by atoms with Crippen molar-refractivity contribution in [3.8, 4) is 5.69 Å². The summed E-state index contributed by atoms with van der Waals surface area (Å²) < 4.78 is 1.86. The predicted octanol–water partition coefficient (Wildman–Crippen LogP) is 3.46. The van der Waals surface area contributed by atoms with Crippen LogP contribution in [-0.2, 0) is 13.0 Å². The van der Waals surface area contributed by atoms with Gasteiger partial charge in [0.25, 0.3) is 0 Å². The van der Waals surface area contributed by atoms with Gasteiger partial charge in [0.05, 0.1) is 5.69 Å². The number of rotatable bonds is 6. The second kappa shape index (κ2) is 10.2. The van der Waals surface area contributed by atoms with Gasteiger partial charge < -0.3 is 10.6 Å². The summed E-state index contributed by atoms with van der Waals surface area (Å²) in [5.74, 6) is 0.816. The van der Waals surface area contributed by atoms with Gasteiger partial charge in [-0.3, -0.25) is 4.99 Å². The van der Waals surface area contributed by atoms with Crippen molar-refractivity contribution in [2.24, 2.45) is 4.99 Å². The number of aliphatic imine (C=N–C) groups is 1. The molecule has 0 radical (unpaired) electrons. The van der Waals surface area contributed by atoms with E-state index in [0.29, 0.717) is 6.54 Å². The van der Waals surface area contributed by atoms with Crippen LogP contribution >= 0.6 is 35.3 Å². The number of nitrogens with one attached hydrogen (secondary N) is 2. The Labute approximate surface area is 169 Å². The number of hydrogen-bond acceptors (Lipinski definition) is 3. The SMILES string of the molecule is CN=C(NCCc1cccs1)NCc1cccc(-n2cccn2)c1.I. The minimum absolute atomic E-state index is 0. The number of guanidine groups is 1. The van der Waals surface area contributed by atoms with Crippen LogP contribution in [0.5, 0.6) is 0 Å². The van der Waals surface area contributed by atoms with Crippen molar-refractivity contribution < 1.29 is 0 Å². The number of nitrogens with zero attached hydrogens (tertiary/aromatic N) is 3. The highest BCUT2D eigenvalue weighted by molar-refractivity contribution is 14.0. The van der Waals surface area contributed by atoms with Crippen LogP contribution in [0.1, 0.15) is 10.4 Å². The van der Waals surface area contributed by atoms with E-state index in [-0.39, 0.29) is 24.0 Å². The summed E-state index contributed by atoms with van der Waals surface area (Å²) in [4.78, 5) is 5.65. The standard InChI is InChI=1S/C18H21N5S.HI/c1-19-18(20-10-8-17-7-3-12-24-17)21-14-15-5-2-6-16(13-15)23-11-4-9-22-23;/h2-7,9,11-13H,8,10,14H2,1H3,(H2,19,20,21);1H. The molecule has 0 fully saturated rings. The van der Waals surface area contributed by atoms with Crippen molar-refractivity contribution in [2.45, 2.75) is 13.0 Å². The lowest BCUT2D eigenvalue weighted by Gasteiger charge is -2.12. The zero-order valence-electron chi connectivity index (χ0n) is 14.1. The summed E-state index contributed by atoms with van der Waals surface area (Å²) in [6.45, 7) is 1.58. The lowest BCUT2D eigenvalue weighted by molar-refractivity contribution is 0.797. The third-order valence-electron chi connectivity index (χ3n) is 3.61. The highest BCUT2D eigenvalue weighted by atomic mass is 127. The number of aromatic nitrogens is 2. The summed E-state index contributed by atoms with van der Waals surface area (Å²) >= 11 is 1.78. The minimum Gasteiger partial charge on any atom is -0.356 e. The molecule has 5 nitrogen and oxygen atoms in total. The molecule has 2 N–H and O–H groups in total. The first kappa shape index (κ1) is 19.5. The van der Waals surface area contributed by atoms with E-state index in [1.807, 2.05) is 29.1 Å². The van der Waals surface area contributed by atoms with E-state index in [0.717, 1.165) is 24.6 Å². The molecular weight excluding hydrogens is 445 g/mol. The molecule has 3 aromatic rings. The van der Waals surface area contributed by atoms with Crippen LogP contribution in [0.15, 0.2) is 65.2 Å². The van der Waals surface area contributed by atoms with Crippen LogP contribution < -0.4 is 10.6 Å². The van der Waals surface area contributed by atoms with Gasteiger partial charge in [0.2, 0.25) is 0 Å². The molecular formula is C18H22IN5S. The zero-order valence-corrected chi connectivity index (χ0v) is 17.2. The summed E-state index contributed by atoms with van der Waals surface area (Å²) in [6, 6.07) is 14.5. The van der Waals surface area contributed by atoms with Gasteiger partial charge in [0.15, 0.2) is 5.96 Å². The average Bonchev–Trinajstić information content (AvgIpc) is 3.31. The van der Waals surface area contributed by atoms with Gasteiger partial charge in [-0.15, -0.1) is 35.3 Å². The Kier molecular flexibility index (Phi) is 7.93. The Morgan fingerprint density at radius 1 is 1.20 bits per heavy atom. The molecule has 1 aromatic carbocycles. The maximum atomic E-state index is 4.27. The first-order chi connectivity index (χ1) is 11.8. The van der Waals surface area contributed by atoms with E-state index in [1.54, 1.807) is 24.6 Å². The fraction of sp³-hybridized carbons (Fsp3) is 0.222. The van der Waals surface area contributed by atoms with Crippen LogP contribution in [0.3, 0.4) is 0 Å². The van der Waals surface area contributed by atoms with E-state index in [2.05, 4.69) is 50.4 Å². The van der Waals surface area contributed by atoms with E-state index < -0.39 is 0 Å². The number of thiophene rings is 1. The third-order valence-corrected chi connectivity index (χ3v) is 4.54. The molecule has 132 valence electrons. The quantitative estimate of drug-likeness (QED) is 0.332. The monoisotopic (exact) mass is 467 g/mol. The van der Waals surface area contributed by atoms with Crippen LogP contribution in [-0.4, -0.2) is 29.3 Å². The van der Waals surface area contributed by atoms with Crippen molar-refractivity contribution in [1.82, 2.24) is 20.4 Å². The van der Waals surface area contributed by atoms with Crippen LogP contribution in [0.25, 0.3) is 5.69 Å². The summed E-state index contributed by atoms with van der Waals surface area (Å²) in [6.07, 6.45) is 4.73. The van der Waals surface area contributed by atoms with Gasteiger partial charge >= 0.3 is 0 Å².